The van der Waals surface area contributed by atoms with Crippen LogP contribution in [0.25, 0.3) is 0 Å². The molecule has 0 aliphatic heterocycles. The van der Waals surface area contributed by atoms with Gasteiger partial charge in [0.25, 0.3) is 0 Å². The van der Waals surface area contributed by atoms with Crippen LogP contribution in [0.4, 0.5) is 18.9 Å². The molecule has 102 valence electrons. The molecule has 0 spiro atoms. The lowest BCUT2D eigenvalue weighted by Crippen LogP contribution is -2.11. The van der Waals surface area contributed by atoms with E-state index in [1.807, 2.05) is 0 Å². The zero-order valence-electron chi connectivity index (χ0n) is 10.5. The van der Waals surface area contributed by atoms with Crippen molar-refractivity contribution in [1.82, 2.24) is 5.16 Å². The van der Waals surface area contributed by atoms with Crippen LogP contribution in [-0.4, -0.2) is 5.16 Å². The van der Waals surface area contributed by atoms with Crippen molar-refractivity contribution in [1.29, 1.82) is 0 Å². The van der Waals surface area contributed by atoms with Crippen LogP contribution in [0.15, 0.2) is 28.8 Å². The Hall–Kier alpha value is -1.98. The third-order valence-electron chi connectivity index (χ3n) is 2.87. The molecule has 0 saturated heterocycles. The Balaban J connectivity index is 2.21. The van der Waals surface area contributed by atoms with Crippen molar-refractivity contribution >= 4 is 5.69 Å². The summed E-state index contributed by atoms with van der Waals surface area (Å²) in [6.07, 6.45) is -4.37. The van der Waals surface area contributed by atoms with Gasteiger partial charge in [0.1, 0.15) is 5.76 Å². The third kappa shape index (κ3) is 2.89. The predicted molar refractivity (Wildman–Crippen MR) is 64.7 cm³/mol. The summed E-state index contributed by atoms with van der Waals surface area (Å²) in [4.78, 5) is 0. The molecule has 1 heterocycles. The number of hydrogen-bond donors (Lipinski definition) is 1. The molecule has 0 amide bonds. The molecule has 0 bridgehead atoms. The fraction of sp³-hybridized carbons (Fsp3) is 0.308. The monoisotopic (exact) mass is 270 g/mol. The zero-order valence-corrected chi connectivity index (χ0v) is 10.5. The molecule has 0 unspecified atom stereocenters. The molecular weight excluding hydrogens is 257 g/mol. The summed E-state index contributed by atoms with van der Waals surface area (Å²) in [6.45, 7) is 3.73. The van der Waals surface area contributed by atoms with Gasteiger partial charge in [-0.2, -0.15) is 13.2 Å². The summed E-state index contributed by atoms with van der Waals surface area (Å²) < 4.78 is 43.4. The van der Waals surface area contributed by atoms with Crippen molar-refractivity contribution in [2.45, 2.75) is 26.6 Å². The molecule has 19 heavy (non-hydrogen) atoms. The summed E-state index contributed by atoms with van der Waals surface area (Å²) in [5.74, 6) is 0.606. The molecule has 0 saturated carbocycles. The normalized spacial score (nSPS) is 11.6. The summed E-state index contributed by atoms with van der Waals surface area (Å²) in [5, 5.41) is 6.55. The Bertz CT molecular complexity index is 556. The van der Waals surface area contributed by atoms with Crippen LogP contribution in [-0.2, 0) is 12.7 Å². The number of benzene rings is 1. The smallest absolute Gasteiger partial charge is 0.380 e. The highest BCUT2D eigenvalue weighted by Gasteiger charge is 2.33. The number of para-hydroxylation sites is 1. The zero-order chi connectivity index (χ0) is 14.0. The van der Waals surface area contributed by atoms with Gasteiger partial charge in [-0.05, 0) is 26.0 Å². The van der Waals surface area contributed by atoms with Gasteiger partial charge >= 0.3 is 6.18 Å². The van der Waals surface area contributed by atoms with Crippen LogP contribution >= 0.6 is 0 Å². The number of anilines is 1. The fourth-order valence-electron chi connectivity index (χ4n) is 1.82. The SMILES string of the molecule is Cc1noc(C)c1CNc1ccccc1C(F)(F)F. The first-order chi connectivity index (χ1) is 8.89. The van der Waals surface area contributed by atoms with Gasteiger partial charge in [0, 0.05) is 17.8 Å². The van der Waals surface area contributed by atoms with Gasteiger partial charge in [0.2, 0.25) is 0 Å². The summed E-state index contributed by atoms with van der Waals surface area (Å²) in [6, 6.07) is 5.38. The molecule has 0 fully saturated rings. The highest BCUT2D eigenvalue weighted by molar-refractivity contribution is 5.53. The molecule has 0 atom stereocenters. The Labute approximate surface area is 108 Å². The lowest BCUT2D eigenvalue weighted by molar-refractivity contribution is -0.136. The topological polar surface area (TPSA) is 38.1 Å². The fourth-order valence-corrected chi connectivity index (χ4v) is 1.82. The number of nitrogens with one attached hydrogen (secondary N) is 1. The number of hydrogen-bond acceptors (Lipinski definition) is 3. The molecule has 0 aliphatic carbocycles. The quantitative estimate of drug-likeness (QED) is 0.918. The number of aromatic nitrogens is 1. The minimum absolute atomic E-state index is 0.0509. The molecule has 1 aromatic heterocycles. The highest BCUT2D eigenvalue weighted by Crippen LogP contribution is 2.34. The molecule has 0 aliphatic rings. The van der Waals surface area contributed by atoms with Gasteiger partial charge in [-0.1, -0.05) is 17.3 Å². The van der Waals surface area contributed by atoms with E-state index in [0.717, 1.165) is 11.6 Å². The maximum atomic E-state index is 12.8. The second-order valence-corrected chi connectivity index (χ2v) is 4.20. The first kappa shape index (κ1) is 13.5. The molecule has 6 heteroatoms. The second-order valence-electron chi connectivity index (χ2n) is 4.20. The van der Waals surface area contributed by atoms with E-state index in [0.29, 0.717) is 11.5 Å². The summed E-state index contributed by atoms with van der Waals surface area (Å²) >= 11 is 0. The molecule has 3 nitrogen and oxygen atoms in total. The van der Waals surface area contributed by atoms with Crippen molar-refractivity contribution < 1.29 is 17.7 Å². The number of alkyl halides is 3. The van der Waals surface area contributed by atoms with Crippen LogP contribution in [0.2, 0.25) is 0 Å². The largest absolute Gasteiger partial charge is 0.418 e. The first-order valence-corrected chi connectivity index (χ1v) is 5.71. The van der Waals surface area contributed by atoms with Crippen LogP contribution in [0.3, 0.4) is 0 Å². The van der Waals surface area contributed by atoms with Gasteiger partial charge < -0.3 is 9.84 Å². The summed E-state index contributed by atoms with van der Waals surface area (Å²) in [7, 11) is 0. The average molecular weight is 270 g/mol. The van der Waals surface area contributed by atoms with E-state index in [9.17, 15) is 13.2 Å². The molecule has 1 aromatic carbocycles. The van der Waals surface area contributed by atoms with Crippen LogP contribution in [0, 0.1) is 13.8 Å². The van der Waals surface area contributed by atoms with E-state index in [-0.39, 0.29) is 12.2 Å². The lowest BCUT2D eigenvalue weighted by atomic mass is 10.1. The molecule has 2 rings (SSSR count). The van der Waals surface area contributed by atoms with Crippen molar-refractivity contribution in [3.63, 3.8) is 0 Å². The minimum atomic E-state index is -4.37. The van der Waals surface area contributed by atoms with Crippen molar-refractivity contribution in [3.8, 4) is 0 Å². The number of rotatable bonds is 3. The van der Waals surface area contributed by atoms with E-state index >= 15 is 0 Å². The van der Waals surface area contributed by atoms with E-state index in [4.69, 9.17) is 4.52 Å². The Morgan fingerprint density at radius 2 is 1.89 bits per heavy atom. The number of halogens is 3. The average Bonchev–Trinajstić information content (AvgIpc) is 2.66. The molecule has 2 aromatic rings. The van der Waals surface area contributed by atoms with E-state index in [1.54, 1.807) is 19.9 Å². The molecular formula is C13H13F3N2O. The Morgan fingerprint density at radius 3 is 2.47 bits per heavy atom. The number of nitrogens with zero attached hydrogens (tertiary/aromatic N) is 1. The van der Waals surface area contributed by atoms with Crippen molar-refractivity contribution in [2.24, 2.45) is 0 Å². The van der Waals surface area contributed by atoms with Gasteiger partial charge in [0.15, 0.2) is 0 Å². The maximum absolute atomic E-state index is 12.8. The Kier molecular flexibility index (Phi) is 3.50. The number of aryl methyl sites for hydroxylation is 2. The van der Waals surface area contributed by atoms with Crippen molar-refractivity contribution in [3.05, 3.63) is 46.8 Å². The minimum Gasteiger partial charge on any atom is -0.380 e. The third-order valence-corrected chi connectivity index (χ3v) is 2.87. The van der Waals surface area contributed by atoms with Crippen LogP contribution in [0.1, 0.15) is 22.6 Å². The van der Waals surface area contributed by atoms with Gasteiger partial charge in [0.05, 0.1) is 11.3 Å². The van der Waals surface area contributed by atoms with Gasteiger partial charge in [-0.3, -0.25) is 0 Å². The van der Waals surface area contributed by atoms with E-state index < -0.39 is 11.7 Å². The molecule has 1 N–H and O–H groups in total. The predicted octanol–water partition coefficient (Wildman–Crippen LogP) is 3.92. The van der Waals surface area contributed by atoms with Crippen LogP contribution < -0.4 is 5.32 Å². The highest BCUT2D eigenvalue weighted by atomic mass is 19.4. The standard InChI is InChI=1S/C13H13F3N2O/c1-8-10(9(2)19-18-8)7-17-12-6-4-3-5-11(12)13(14,15)16/h3-6,17H,7H2,1-2H3. The van der Waals surface area contributed by atoms with Gasteiger partial charge in [-0.25, -0.2) is 0 Å². The molecule has 0 radical (unpaired) electrons. The first-order valence-electron chi connectivity index (χ1n) is 5.71. The van der Waals surface area contributed by atoms with Crippen molar-refractivity contribution in [2.75, 3.05) is 5.32 Å². The van der Waals surface area contributed by atoms with Crippen LogP contribution in [0.5, 0.6) is 0 Å². The summed E-state index contributed by atoms with van der Waals surface area (Å²) in [5.41, 5.74) is 0.822. The van der Waals surface area contributed by atoms with E-state index in [2.05, 4.69) is 10.5 Å². The van der Waals surface area contributed by atoms with E-state index in [1.165, 1.54) is 12.1 Å². The van der Waals surface area contributed by atoms with Gasteiger partial charge in [-0.15, -0.1) is 0 Å². The second kappa shape index (κ2) is 4.95. The maximum Gasteiger partial charge on any atom is 0.418 e. The Morgan fingerprint density at radius 1 is 1.21 bits per heavy atom. The lowest BCUT2D eigenvalue weighted by Gasteiger charge is -2.14.